The molecule has 1 amide bonds. The van der Waals surface area contributed by atoms with Crippen LogP contribution in [0.1, 0.15) is 24.8 Å². The van der Waals surface area contributed by atoms with Crippen LogP contribution in [0.25, 0.3) is 16.8 Å². The smallest absolute Gasteiger partial charge is 0.269 e. The van der Waals surface area contributed by atoms with Gasteiger partial charge in [0, 0.05) is 35.5 Å². The zero-order valence-corrected chi connectivity index (χ0v) is 15.7. The number of carbonyl (C=O) groups excluding carboxylic acids is 1. The fraction of sp³-hybridized carbons (Fsp3) is 0.286. The van der Waals surface area contributed by atoms with Crippen LogP contribution in [0.3, 0.4) is 0 Å². The highest BCUT2D eigenvalue weighted by Crippen LogP contribution is 2.36. The van der Waals surface area contributed by atoms with E-state index in [9.17, 15) is 4.79 Å². The number of amides is 1. The molecule has 0 spiro atoms. The first kappa shape index (κ1) is 18.6. The third-order valence-electron chi connectivity index (χ3n) is 4.98. The molecule has 6 nitrogen and oxygen atoms in total. The number of hydrogen-bond donors (Lipinski definition) is 4. The largest absolute Gasteiger partial charge is 0.496 e. The maximum Gasteiger partial charge on any atom is 0.269 e. The SMILES string of the molecule is CN/C(=C(/N)C(=O)NC1CCC1)c1cccc(-c2ccccc2OC)c1N. The van der Waals surface area contributed by atoms with Gasteiger partial charge in [0.1, 0.15) is 11.4 Å². The van der Waals surface area contributed by atoms with Crippen molar-refractivity contribution in [3.8, 4) is 16.9 Å². The predicted molar refractivity (Wildman–Crippen MR) is 109 cm³/mol. The van der Waals surface area contributed by atoms with Crippen LogP contribution in [0.15, 0.2) is 48.2 Å². The number of nitrogens with one attached hydrogen (secondary N) is 2. The third-order valence-corrected chi connectivity index (χ3v) is 4.98. The summed E-state index contributed by atoms with van der Waals surface area (Å²) in [5.74, 6) is 0.457. The van der Waals surface area contributed by atoms with Gasteiger partial charge in [-0.2, -0.15) is 0 Å². The lowest BCUT2D eigenvalue weighted by molar-refractivity contribution is -0.118. The number of para-hydroxylation sites is 2. The van der Waals surface area contributed by atoms with Gasteiger partial charge >= 0.3 is 0 Å². The molecule has 0 radical (unpaired) electrons. The van der Waals surface area contributed by atoms with E-state index in [2.05, 4.69) is 10.6 Å². The number of ether oxygens (including phenoxy) is 1. The molecule has 1 saturated carbocycles. The summed E-state index contributed by atoms with van der Waals surface area (Å²) in [6, 6.07) is 13.6. The average molecular weight is 366 g/mol. The first-order valence-electron chi connectivity index (χ1n) is 9.07. The molecule has 3 rings (SSSR count). The van der Waals surface area contributed by atoms with Gasteiger partial charge in [-0.25, -0.2) is 0 Å². The number of nitrogens with two attached hydrogens (primary N) is 2. The van der Waals surface area contributed by atoms with Gasteiger partial charge in [0.25, 0.3) is 5.91 Å². The summed E-state index contributed by atoms with van der Waals surface area (Å²) in [4.78, 5) is 12.5. The standard InChI is InChI=1S/C21H26N4O2/c1-24-20(19(23)21(26)25-13-7-5-8-13)16-11-6-10-15(18(16)22)14-9-3-4-12-17(14)27-2/h3-4,6,9-13,24H,5,7-8,22-23H2,1-2H3,(H,25,26)/b20-19+. The molecule has 27 heavy (non-hydrogen) atoms. The van der Waals surface area contributed by atoms with E-state index in [-0.39, 0.29) is 17.6 Å². The van der Waals surface area contributed by atoms with E-state index >= 15 is 0 Å². The summed E-state index contributed by atoms with van der Waals surface area (Å²) in [6.45, 7) is 0. The lowest BCUT2D eigenvalue weighted by atomic mass is 9.93. The molecule has 1 fully saturated rings. The van der Waals surface area contributed by atoms with Crippen molar-refractivity contribution in [2.45, 2.75) is 25.3 Å². The minimum Gasteiger partial charge on any atom is -0.496 e. The van der Waals surface area contributed by atoms with Crippen LogP contribution in [0.2, 0.25) is 0 Å². The molecule has 0 bridgehead atoms. The molecule has 1 aliphatic rings. The topological polar surface area (TPSA) is 102 Å². The average Bonchev–Trinajstić information content (AvgIpc) is 2.66. The molecular weight excluding hydrogens is 340 g/mol. The van der Waals surface area contributed by atoms with Crippen LogP contribution in [0.5, 0.6) is 5.75 Å². The second-order valence-electron chi connectivity index (χ2n) is 6.61. The van der Waals surface area contributed by atoms with Crippen molar-refractivity contribution < 1.29 is 9.53 Å². The Kier molecular flexibility index (Phi) is 5.54. The van der Waals surface area contributed by atoms with Gasteiger partial charge in [-0.15, -0.1) is 0 Å². The highest BCUT2D eigenvalue weighted by molar-refractivity contribution is 6.02. The number of carbonyl (C=O) groups is 1. The molecule has 0 saturated heterocycles. The molecule has 0 aliphatic heterocycles. The Bertz CT molecular complexity index is 872. The summed E-state index contributed by atoms with van der Waals surface area (Å²) in [5.41, 5.74) is 16.2. The summed E-state index contributed by atoms with van der Waals surface area (Å²) < 4.78 is 5.46. The Morgan fingerprint density at radius 1 is 1.11 bits per heavy atom. The number of anilines is 1. The van der Waals surface area contributed by atoms with Crippen molar-refractivity contribution in [2.24, 2.45) is 5.73 Å². The van der Waals surface area contributed by atoms with Gasteiger partial charge in [-0.05, 0) is 25.3 Å². The molecule has 6 N–H and O–H groups in total. The van der Waals surface area contributed by atoms with Crippen molar-refractivity contribution in [2.75, 3.05) is 19.9 Å². The normalized spacial score (nSPS) is 14.7. The minimum atomic E-state index is -0.272. The van der Waals surface area contributed by atoms with Crippen LogP contribution in [-0.2, 0) is 4.79 Å². The minimum absolute atomic E-state index is 0.133. The molecule has 1 aliphatic carbocycles. The Labute approximate surface area is 159 Å². The number of hydrogen-bond acceptors (Lipinski definition) is 5. The second-order valence-corrected chi connectivity index (χ2v) is 6.61. The maximum atomic E-state index is 12.5. The highest BCUT2D eigenvalue weighted by Gasteiger charge is 2.23. The van der Waals surface area contributed by atoms with Crippen LogP contribution < -0.4 is 26.8 Å². The summed E-state index contributed by atoms with van der Waals surface area (Å²) in [5, 5.41) is 6.00. The highest BCUT2D eigenvalue weighted by atomic mass is 16.5. The van der Waals surface area contributed by atoms with Crippen LogP contribution in [0, 0.1) is 0 Å². The molecule has 142 valence electrons. The first-order valence-corrected chi connectivity index (χ1v) is 9.07. The molecule has 2 aromatic rings. The van der Waals surface area contributed by atoms with E-state index in [1.165, 1.54) is 0 Å². The van der Waals surface area contributed by atoms with Crippen molar-refractivity contribution >= 4 is 17.3 Å². The van der Waals surface area contributed by atoms with Crippen LogP contribution in [-0.4, -0.2) is 26.1 Å². The second kappa shape index (κ2) is 8.03. The van der Waals surface area contributed by atoms with E-state index in [1.807, 2.05) is 42.5 Å². The molecule has 2 aromatic carbocycles. The predicted octanol–water partition coefficient (Wildman–Crippen LogP) is 2.46. The van der Waals surface area contributed by atoms with Crippen molar-refractivity contribution in [1.82, 2.24) is 10.6 Å². The summed E-state index contributed by atoms with van der Waals surface area (Å²) in [7, 11) is 3.36. The van der Waals surface area contributed by atoms with Crippen LogP contribution >= 0.6 is 0 Å². The monoisotopic (exact) mass is 366 g/mol. The zero-order valence-electron chi connectivity index (χ0n) is 15.7. The fourth-order valence-electron chi connectivity index (χ4n) is 3.23. The van der Waals surface area contributed by atoms with E-state index < -0.39 is 0 Å². The number of rotatable bonds is 6. The van der Waals surface area contributed by atoms with Gasteiger partial charge in [-0.1, -0.05) is 36.4 Å². The van der Waals surface area contributed by atoms with Gasteiger partial charge in [0.2, 0.25) is 0 Å². The molecule has 6 heteroatoms. The number of methoxy groups -OCH3 is 1. The number of nitrogen functional groups attached to an aromatic ring is 1. The van der Waals surface area contributed by atoms with Gasteiger partial charge in [0.05, 0.1) is 12.8 Å². The van der Waals surface area contributed by atoms with Crippen molar-refractivity contribution in [3.63, 3.8) is 0 Å². The Morgan fingerprint density at radius 3 is 2.44 bits per heavy atom. The van der Waals surface area contributed by atoms with Gasteiger partial charge in [0.15, 0.2) is 0 Å². The quantitative estimate of drug-likeness (QED) is 0.465. The van der Waals surface area contributed by atoms with Gasteiger partial charge in [-0.3, -0.25) is 4.79 Å². The number of benzene rings is 2. The summed E-state index contributed by atoms with van der Waals surface area (Å²) >= 11 is 0. The van der Waals surface area contributed by atoms with Gasteiger partial charge < -0.3 is 26.8 Å². The third kappa shape index (κ3) is 3.69. The van der Waals surface area contributed by atoms with E-state index in [0.29, 0.717) is 16.9 Å². The van der Waals surface area contributed by atoms with E-state index in [4.69, 9.17) is 16.2 Å². The lowest BCUT2D eigenvalue weighted by Crippen LogP contribution is -2.42. The van der Waals surface area contributed by atoms with Crippen molar-refractivity contribution in [1.29, 1.82) is 0 Å². The Morgan fingerprint density at radius 2 is 1.81 bits per heavy atom. The zero-order chi connectivity index (χ0) is 19.4. The lowest BCUT2D eigenvalue weighted by Gasteiger charge is -2.27. The Balaban J connectivity index is 2.02. The summed E-state index contributed by atoms with van der Waals surface area (Å²) in [6.07, 6.45) is 3.14. The van der Waals surface area contributed by atoms with E-state index in [0.717, 1.165) is 36.1 Å². The first-order chi connectivity index (χ1) is 13.1. The molecule has 0 aromatic heterocycles. The molecule has 0 unspecified atom stereocenters. The Hall–Kier alpha value is -3.15. The van der Waals surface area contributed by atoms with E-state index in [1.54, 1.807) is 14.2 Å². The maximum absolute atomic E-state index is 12.5. The molecule has 0 atom stereocenters. The van der Waals surface area contributed by atoms with Crippen LogP contribution in [0.4, 0.5) is 5.69 Å². The molecule has 0 heterocycles. The fourth-order valence-corrected chi connectivity index (χ4v) is 3.23. The van der Waals surface area contributed by atoms with Crippen molar-refractivity contribution in [3.05, 3.63) is 53.7 Å². The molecular formula is C21H26N4O2.